The van der Waals surface area contributed by atoms with Gasteiger partial charge in [0.25, 0.3) is 0 Å². The number of cyclic esters (lactones) is 1. The second-order valence-electron chi connectivity index (χ2n) is 4.34. The standard InChI is InChI=1S/C12H14N2O4/c13-10-6-17-11-3-7(1-2-9(10)11)16-5-8-4-14-12(15)18-8/h1-3,8,10H,4-6,13H2,(H,14,15). The third-order valence-electron chi connectivity index (χ3n) is 2.99. The molecule has 0 aliphatic carbocycles. The van der Waals surface area contributed by atoms with Gasteiger partial charge >= 0.3 is 6.09 Å². The van der Waals surface area contributed by atoms with Crippen molar-refractivity contribution in [2.75, 3.05) is 19.8 Å². The number of carbonyl (C=O) groups excluding carboxylic acids is 1. The SMILES string of the molecule is NC1COc2cc(OCC3CNC(=O)O3)ccc21. The number of amides is 1. The van der Waals surface area contributed by atoms with Crippen molar-refractivity contribution in [2.24, 2.45) is 5.73 Å². The average molecular weight is 250 g/mol. The van der Waals surface area contributed by atoms with Crippen molar-refractivity contribution in [1.82, 2.24) is 5.32 Å². The Morgan fingerprint density at radius 1 is 1.50 bits per heavy atom. The molecule has 6 heteroatoms. The van der Waals surface area contributed by atoms with Crippen LogP contribution in [0.4, 0.5) is 4.79 Å². The summed E-state index contributed by atoms with van der Waals surface area (Å²) in [6.07, 6.45) is -0.638. The lowest BCUT2D eigenvalue weighted by molar-refractivity contribution is 0.105. The largest absolute Gasteiger partial charge is 0.491 e. The molecule has 2 aliphatic heterocycles. The summed E-state index contributed by atoms with van der Waals surface area (Å²) in [5.74, 6) is 1.45. The monoisotopic (exact) mass is 250 g/mol. The molecule has 3 N–H and O–H groups in total. The molecule has 3 rings (SSSR count). The van der Waals surface area contributed by atoms with Crippen molar-refractivity contribution in [2.45, 2.75) is 12.1 Å². The predicted octanol–water partition coefficient (Wildman–Crippen LogP) is 0.566. The first-order chi connectivity index (χ1) is 8.72. The van der Waals surface area contributed by atoms with Crippen LogP contribution in [0.5, 0.6) is 11.5 Å². The Morgan fingerprint density at radius 2 is 2.39 bits per heavy atom. The number of benzene rings is 1. The summed E-state index contributed by atoms with van der Waals surface area (Å²) in [7, 11) is 0. The van der Waals surface area contributed by atoms with Crippen molar-refractivity contribution in [1.29, 1.82) is 0 Å². The fourth-order valence-corrected chi connectivity index (χ4v) is 2.02. The maximum atomic E-state index is 10.8. The molecule has 2 heterocycles. The van der Waals surface area contributed by atoms with E-state index in [0.29, 0.717) is 25.5 Å². The number of ether oxygens (including phenoxy) is 3. The fraction of sp³-hybridized carbons (Fsp3) is 0.417. The third-order valence-corrected chi connectivity index (χ3v) is 2.99. The van der Waals surface area contributed by atoms with E-state index in [0.717, 1.165) is 11.3 Å². The van der Waals surface area contributed by atoms with Gasteiger partial charge in [-0.2, -0.15) is 0 Å². The molecule has 0 radical (unpaired) electrons. The second kappa shape index (κ2) is 4.38. The molecule has 2 atom stereocenters. The molecule has 2 unspecified atom stereocenters. The smallest absolute Gasteiger partial charge is 0.407 e. The van der Waals surface area contributed by atoms with Crippen LogP contribution in [0.1, 0.15) is 11.6 Å². The van der Waals surface area contributed by atoms with Crippen LogP contribution in [0.25, 0.3) is 0 Å². The van der Waals surface area contributed by atoms with Crippen molar-refractivity contribution < 1.29 is 19.0 Å². The zero-order valence-corrected chi connectivity index (χ0v) is 9.72. The van der Waals surface area contributed by atoms with Crippen LogP contribution >= 0.6 is 0 Å². The highest BCUT2D eigenvalue weighted by Gasteiger charge is 2.24. The van der Waals surface area contributed by atoms with Gasteiger partial charge in [0.05, 0.1) is 12.6 Å². The third kappa shape index (κ3) is 2.06. The lowest BCUT2D eigenvalue weighted by Gasteiger charge is -2.11. The van der Waals surface area contributed by atoms with Gasteiger partial charge in [-0.25, -0.2) is 4.79 Å². The highest BCUT2D eigenvalue weighted by atomic mass is 16.6. The number of alkyl carbamates (subject to hydrolysis) is 1. The van der Waals surface area contributed by atoms with Gasteiger partial charge < -0.3 is 25.3 Å². The zero-order valence-electron chi connectivity index (χ0n) is 9.72. The Labute approximate surface area is 104 Å². The van der Waals surface area contributed by atoms with E-state index in [4.69, 9.17) is 19.9 Å². The van der Waals surface area contributed by atoms with Gasteiger partial charge in [0.15, 0.2) is 6.10 Å². The maximum absolute atomic E-state index is 10.8. The van der Waals surface area contributed by atoms with Crippen molar-refractivity contribution in [3.05, 3.63) is 23.8 Å². The molecule has 1 saturated heterocycles. The number of nitrogens with two attached hydrogens (primary N) is 1. The second-order valence-corrected chi connectivity index (χ2v) is 4.34. The Balaban J connectivity index is 1.62. The van der Waals surface area contributed by atoms with Gasteiger partial charge in [0, 0.05) is 11.6 Å². The Morgan fingerprint density at radius 3 is 3.17 bits per heavy atom. The van der Waals surface area contributed by atoms with Gasteiger partial charge in [0.1, 0.15) is 24.7 Å². The summed E-state index contributed by atoms with van der Waals surface area (Å²) in [5, 5.41) is 2.57. The molecule has 1 fully saturated rings. The van der Waals surface area contributed by atoms with E-state index in [1.165, 1.54) is 0 Å². The van der Waals surface area contributed by atoms with Gasteiger partial charge in [0.2, 0.25) is 0 Å². The molecule has 0 spiro atoms. The van der Waals surface area contributed by atoms with Crippen LogP contribution in [-0.2, 0) is 4.74 Å². The van der Waals surface area contributed by atoms with Crippen LogP contribution in [0, 0.1) is 0 Å². The first kappa shape index (κ1) is 11.2. The van der Waals surface area contributed by atoms with Gasteiger partial charge in [-0.15, -0.1) is 0 Å². The predicted molar refractivity (Wildman–Crippen MR) is 62.6 cm³/mol. The molecular weight excluding hydrogens is 236 g/mol. The highest BCUT2D eigenvalue weighted by molar-refractivity contribution is 5.69. The van der Waals surface area contributed by atoms with Gasteiger partial charge in [-0.05, 0) is 12.1 Å². The Hall–Kier alpha value is -1.95. The lowest BCUT2D eigenvalue weighted by atomic mass is 10.1. The number of fused-ring (bicyclic) bond motifs is 1. The molecule has 6 nitrogen and oxygen atoms in total. The normalized spacial score (nSPS) is 25.1. The first-order valence-corrected chi connectivity index (χ1v) is 5.82. The molecule has 1 aromatic rings. The summed E-state index contributed by atoms with van der Waals surface area (Å²) in [5.41, 5.74) is 6.85. The average Bonchev–Trinajstić information content (AvgIpc) is 2.94. The van der Waals surface area contributed by atoms with Gasteiger partial charge in [-0.3, -0.25) is 0 Å². The van der Waals surface area contributed by atoms with Crippen LogP contribution in [-0.4, -0.2) is 32.0 Å². The summed E-state index contributed by atoms with van der Waals surface area (Å²) < 4.78 is 16.0. The van der Waals surface area contributed by atoms with E-state index in [2.05, 4.69) is 5.32 Å². The van der Waals surface area contributed by atoms with E-state index in [1.807, 2.05) is 18.2 Å². The van der Waals surface area contributed by atoms with E-state index in [-0.39, 0.29) is 12.1 Å². The van der Waals surface area contributed by atoms with Crippen LogP contribution in [0.15, 0.2) is 18.2 Å². The van der Waals surface area contributed by atoms with Crippen LogP contribution < -0.4 is 20.5 Å². The molecule has 1 aromatic carbocycles. The van der Waals surface area contributed by atoms with Crippen molar-refractivity contribution in [3.63, 3.8) is 0 Å². The maximum Gasteiger partial charge on any atom is 0.407 e. The zero-order chi connectivity index (χ0) is 12.5. The molecule has 0 saturated carbocycles. The molecule has 0 aromatic heterocycles. The van der Waals surface area contributed by atoms with Crippen molar-refractivity contribution >= 4 is 6.09 Å². The van der Waals surface area contributed by atoms with Crippen LogP contribution in [0.2, 0.25) is 0 Å². The Kier molecular flexibility index (Phi) is 2.71. The number of hydrogen-bond donors (Lipinski definition) is 2. The lowest BCUT2D eigenvalue weighted by Crippen LogP contribution is -2.21. The number of carbonyl (C=O) groups is 1. The first-order valence-electron chi connectivity index (χ1n) is 5.82. The summed E-state index contributed by atoms with van der Waals surface area (Å²) in [6.45, 7) is 1.30. The van der Waals surface area contributed by atoms with Gasteiger partial charge in [-0.1, -0.05) is 0 Å². The topological polar surface area (TPSA) is 82.8 Å². The quantitative estimate of drug-likeness (QED) is 0.819. The van der Waals surface area contributed by atoms with Crippen LogP contribution in [0.3, 0.4) is 0 Å². The van der Waals surface area contributed by atoms with E-state index in [9.17, 15) is 4.79 Å². The number of nitrogens with one attached hydrogen (secondary N) is 1. The minimum atomic E-state index is -0.396. The molecule has 18 heavy (non-hydrogen) atoms. The van der Waals surface area contributed by atoms with E-state index >= 15 is 0 Å². The fourth-order valence-electron chi connectivity index (χ4n) is 2.02. The highest BCUT2D eigenvalue weighted by Crippen LogP contribution is 2.33. The van der Waals surface area contributed by atoms with Crippen molar-refractivity contribution in [3.8, 4) is 11.5 Å². The minimum Gasteiger partial charge on any atom is -0.491 e. The summed E-state index contributed by atoms with van der Waals surface area (Å²) in [6, 6.07) is 5.50. The Bertz CT molecular complexity index is 477. The molecular formula is C12H14N2O4. The minimum absolute atomic E-state index is 0.0611. The molecule has 1 amide bonds. The molecule has 96 valence electrons. The molecule has 0 bridgehead atoms. The summed E-state index contributed by atoms with van der Waals surface area (Å²) in [4.78, 5) is 10.8. The van der Waals surface area contributed by atoms with E-state index in [1.54, 1.807) is 0 Å². The van der Waals surface area contributed by atoms with E-state index < -0.39 is 6.09 Å². The summed E-state index contributed by atoms with van der Waals surface area (Å²) >= 11 is 0. The number of hydrogen-bond acceptors (Lipinski definition) is 5. The molecule has 2 aliphatic rings. The number of rotatable bonds is 3.